The second kappa shape index (κ2) is 8.05. The highest BCUT2D eigenvalue weighted by molar-refractivity contribution is 5.94. The van der Waals surface area contributed by atoms with Crippen molar-refractivity contribution in [2.75, 3.05) is 24.5 Å². The zero-order valence-corrected chi connectivity index (χ0v) is 15.2. The topological polar surface area (TPSA) is 73.0 Å². The van der Waals surface area contributed by atoms with Gasteiger partial charge < -0.3 is 15.5 Å². The van der Waals surface area contributed by atoms with Gasteiger partial charge in [0.2, 0.25) is 0 Å². The van der Waals surface area contributed by atoms with Gasteiger partial charge in [-0.2, -0.15) is 5.10 Å². The number of piperidine rings is 1. The first kappa shape index (κ1) is 18.7. The fraction of sp³-hybridized carbons (Fsp3) is 0.444. The zero-order chi connectivity index (χ0) is 17.2. The summed E-state index contributed by atoms with van der Waals surface area (Å²) in [4.78, 5) is 14.6. The van der Waals surface area contributed by atoms with Gasteiger partial charge >= 0.3 is 0 Å². The highest BCUT2D eigenvalue weighted by Gasteiger charge is 2.26. The van der Waals surface area contributed by atoms with Crippen LogP contribution in [0.5, 0.6) is 0 Å². The molecule has 140 valence electrons. The van der Waals surface area contributed by atoms with Crippen LogP contribution in [0.3, 0.4) is 0 Å². The maximum absolute atomic E-state index is 14.0. The number of carbonyl (C=O) groups excluding carboxylic acids is 1. The van der Waals surface area contributed by atoms with Crippen LogP contribution in [0, 0.1) is 5.82 Å². The number of fused-ring (bicyclic) bond motifs is 1. The lowest BCUT2D eigenvalue weighted by molar-refractivity contribution is 0.0927. The largest absolute Gasteiger partial charge is 0.367 e. The molecule has 3 heterocycles. The van der Waals surface area contributed by atoms with Gasteiger partial charge in [0.15, 0.2) is 5.69 Å². The molecule has 8 heteroatoms. The van der Waals surface area contributed by atoms with Gasteiger partial charge in [-0.25, -0.2) is 4.39 Å². The van der Waals surface area contributed by atoms with Gasteiger partial charge in [0.25, 0.3) is 5.91 Å². The van der Waals surface area contributed by atoms with E-state index in [4.69, 9.17) is 0 Å². The zero-order valence-electron chi connectivity index (χ0n) is 14.4. The molecule has 1 atom stereocenters. The van der Waals surface area contributed by atoms with Crippen LogP contribution >= 0.6 is 12.4 Å². The van der Waals surface area contributed by atoms with Crippen LogP contribution in [0.4, 0.5) is 10.1 Å². The van der Waals surface area contributed by atoms with Crippen LogP contribution in [0.25, 0.3) is 0 Å². The van der Waals surface area contributed by atoms with Crippen molar-refractivity contribution in [1.29, 1.82) is 0 Å². The van der Waals surface area contributed by atoms with Crippen molar-refractivity contribution >= 4 is 24.0 Å². The van der Waals surface area contributed by atoms with E-state index < -0.39 is 0 Å². The van der Waals surface area contributed by atoms with Gasteiger partial charge in [0, 0.05) is 49.9 Å². The molecule has 2 aromatic rings. The quantitative estimate of drug-likeness (QED) is 0.762. The van der Waals surface area contributed by atoms with Crippen LogP contribution in [-0.4, -0.2) is 41.8 Å². The average molecular weight is 380 g/mol. The van der Waals surface area contributed by atoms with Gasteiger partial charge in [-0.15, -0.1) is 12.4 Å². The normalized spacial score (nSPS) is 19.4. The van der Waals surface area contributed by atoms with Crippen LogP contribution in [-0.2, 0) is 13.0 Å². The Labute approximate surface area is 157 Å². The van der Waals surface area contributed by atoms with Crippen molar-refractivity contribution < 1.29 is 9.18 Å². The van der Waals surface area contributed by atoms with E-state index in [1.54, 1.807) is 12.1 Å². The number of aromatic nitrogens is 2. The summed E-state index contributed by atoms with van der Waals surface area (Å²) in [6.45, 7) is 2.98. The van der Waals surface area contributed by atoms with E-state index in [0.717, 1.165) is 43.6 Å². The number of amides is 1. The highest BCUT2D eigenvalue weighted by Crippen LogP contribution is 2.23. The number of anilines is 1. The number of nitrogens with one attached hydrogen (secondary N) is 3. The molecule has 1 aromatic heterocycles. The van der Waals surface area contributed by atoms with Gasteiger partial charge in [0.1, 0.15) is 5.82 Å². The van der Waals surface area contributed by atoms with E-state index in [2.05, 4.69) is 20.8 Å². The predicted octanol–water partition coefficient (Wildman–Crippen LogP) is 2.02. The van der Waals surface area contributed by atoms with Gasteiger partial charge in [-0.1, -0.05) is 12.1 Å². The first-order valence-corrected chi connectivity index (χ1v) is 8.79. The molecular formula is C18H23ClFN5O. The van der Waals surface area contributed by atoms with E-state index >= 15 is 0 Å². The number of para-hydroxylation sites is 1. The van der Waals surface area contributed by atoms with Gasteiger partial charge in [-0.3, -0.25) is 9.89 Å². The smallest absolute Gasteiger partial charge is 0.272 e. The van der Waals surface area contributed by atoms with Gasteiger partial charge in [-0.05, 0) is 25.0 Å². The minimum atomic E-state index is -0.220. The molecule has 0 bridgehead atoms. The van der Waals surface area contributed by atoms with Crippen LogP contribution in [0.2, 0.25) is 0 Å². The van der Waals surface area contributed by atoms with E-state index in [1.165, 1.54) is 6.07 Å². The molecule has 2 aliphatic heterocycles. The van der Waals surface area contributed by atoms with Gasteiger partial charge in [0.05, 0.1) is 5.69 Å². The molecule has 6 nitrogen and oxygen atoms in total. The molecule has 1 aromatic carbocycles. The summed E-state index contributed by atoms with van der Waals surface area (Å²) < 4.78 is 14.0. The summed E-state index contributed by atoms with van der Waals surface area (Å²) in [6.07, 6.45) is 2.67. The van der Waals surface area contributed by atoms with E-state index in [9.17, 15) is 9.18 Å². The monoisotopic (exact) mass is 379 g/mol. The number of rotatable bonds is 3. The van der Waals surface area contributed by atoms with E-state index in [1.807, 2.05) is 11.0 Å². The molecule has 1 saturated heterocycles. The predicted molar refractivity (Wildman–Crippen MR) is 100 cm³/mol. The second-order valence-electron chi connectivity index (χ2n) is 6.67. The minimum Gasteiger partial charge on any atom is -0.367 e. The third-order valence-corrected chi connectivity index (χ3v) is 4.97. The Balaban J connectivity index is 0.00000196. The Morgan fingerprint density at radius 1 is 1.35 bits per heavy atom. The molecule has 1 fully saturated rings. The maximum atomic E-state index is 14.0. The lowest BCUT2D eigenvalue weighted by Gasteiger charge is -2.34. The SMILES string of the molecule is Cl.O=C(NC1CCCN(c2ccccc2F)C1)c1n[nH]c2c1CNCC2. The van der Waals surface area contributed by atoms with Crippen LogP contribution in [0.15, 0.2) is 24.3 Å². The summed E-state index contributed by atoms with van der Waals surface area (Å²) in [6, 6.07) is 6.78. The van der Waals surface area contributed by atoms with Crippen molar-refractivity contribution in [2.45, 2.75) is 31.8 Å². The third kappa shape index (κ3) is 3.68. The molecule has 2 aliphatic rings. The number of benzene rings is 1. The molecular weight excluding hydrogens is 357 g/mol. The number of hydrogen-bond acceptors (Lipinski definition) is 4. The van der Waals surface area contributed by atoms with Crippen molar-refractivity contribution in [3.8, 4) is 0 Å². The number of carbonyl (C=O) groups is 1. The maximum Gasteiger partial charge on any atom is 0.272 e. The molecule has 1 amide bonds. The Morgan fingerprint density at radius 3 is 3.04 bits per heavy atom. The van der Waals surface area contributed by atoms with Crippen molar-refractivity contribution in [1.82, 2.24) is 20.8 Å². The summed E-state index contributed by atoms with van der Waals surface area (Å²) in [5.74, 6) is -0.372. The number of hydrogen-bond donors (Lipinski definition) is 3. The van der Waals surface area contributed by atoms with E-state index in [0.29, 0.717) is 24.5 Å². The Kier molecular flexibility index (Phi) is 5.78. The van der Waals surface area contributed by atoms with E-state index in [-0.39, 0.29) is 30.2 Å². The molecule has 3 N–H and O–H groups in total. The number of H-pyrrole nitrogens is 1. The first-order chi connectivity index (χ1) is 12.2. The number of aromatic amines is 1. The fourth-order valence-electron chi connectivity index (χ4n) is 3.69. The second-order valence-corrected chi connectivity index (χ2v) is 6.67. The van der Waals surface area contributed by atoms with Crippen molar-refractivity contribution in [3.05, 3.63) is 47.0 Å². The average Bonchev–Trinajstić information content (AvgIpc) is 3.06. The lowest BCUT2D eigenvalue weighted by Crippen LogP contribution is -2.48. The summed E-state index contributed by atoms with van der Waals surface area (Å²) in [7, 11) is 0. The summed E-state index contributed by atoms with van der Waals surface area (Å²) >= 11 is 0. The lowest BCUT2D eigenvalue weighted by atomic mass is 10.0. The molecule has 26 heavy (non-hydrogen) atoms. The fourth-order valence-corrected chi connectivity index (χ4v) is 3.69. The molecule has 0 radical (unpaired) electrons. The molecule has 4 rings (SSSR count). The highest BCUT2D eigenvalue weighted by atomic mass is 35.5. The summed E-state index contributed by atoms with van der Waals surface area (Å²) in [5, 5.41) is 13.5. The minimum absolute atomic E-state index is 0. The van der Waals surface area contributed by atoms with Crippen LogP contribution < -0.4 is 15.5 Å². The van der Waals surface area contributed by atoms with Crippen molar-refractivity contribution in [2.24, 2.45) is 0 Å². The summed E-state index contributed by atoms with van der Waals surface area (Å²) in [5.41, 5.74) is 3.08. The molecule has 0 saturated carbocycles. The van der Waals surface area contributed by atoms with Crippen molar-refractivity contribution in [3.63, 3.8) is 0 Å². The Hall–Kier alpha value is -2.12. The number of halogens is 2. The molecule has 0 aliphatic carbocycles. The molecule has 1 unspecified atom stereocenters. The Morgan fingerprint density at radius 2 is 2.19 bits per heavy atom. The third-order valence-electron chi connectivity index (χ3n) is 4.97. The standard InChI is InChI=1S/C18H22FN5O.ClH/c19-14-5-1-2-6-16(14)24-9-3-4-12(11-24)21-18(25)17-13-10-20-8-7-15(13)22-23-17;/h1-2,5-6,12,20H,3-4,7-11H2,(H,21,25)(H,22,23);1H. The number of nitrogens with zero attached hydrogens (tertiary/aromatic N) is 2. The van der Waals surface area contributed by atoms with Crippen LogP contribution in [0.1, 0.15) is 34.6 Å². The first-order valence-electron chi connectivity index (χ1n) is 8.79. The Bertz CT molecular complexity index is 781. The molecule has 0 spiro atoms.